The number of benzene rings is 2. The van der Waals surface area contributed by atoms with Gasteiger partial charge >= 0.3 is 0 Å². The molecule has 1 nitrogen and oxygen atoms in total. The predicted molar refractivity (Wildman–Crippen MR) is 121 cm³/mol. The van der Waals surface area contributed by atoms with Gasteiger partial charge in [0.2, 0.25) is 0 Å². The minimum absolute atomic E-state index is 0.324. The highest BCUT2D eigenvalue weighted by molar-refractivity contribution is 5.64. The van der Waals surface area contributed by atoms with Gasteiger partial charge in [-0.2, -0.15) is 0 Å². The Kier molecular flexibility index (Phi) is 8.45. The fourth-order valence-corrected chi connectivity index (χ4v) is 4.77. The fourth-order valence-electron chi connectivity index (χ4n) is 4.77. The highest BCUT2D eigenvalue weighted by atomic mass is 16.3. The number of phenolic OH excluding ortho intramolecular Hbond substituents is 1. The van der Waals surface area contributed by atoms with Crippen LogP contribution in [0.2, 0.25) is 0 Å². The molecule has 1 N–H and O–H groups in total. The molecule has 1 saturated carbocycles. The van der Waals surface area contributed by atoms with Crippen LogP contribution >= 0.6 is 0 Å². The largest absolute Gasteiger partial charge is 0.508 e. The monoisotopic (exact) mass is 378 g/mol. The Morgan fingerprint density at radius 2 is 1.18 bits per heavy atom. The molecule has 0 atom stereocenters. The SMILES string of the molecule is CCCCCC1CCC(CCCCc2ccc(-c3ccc(O)cc3)cc2)CC1. The smallest absolute Gasteiger partial charge is 0.115 e. The van der Waals surface area contributed by atoms with Crippen molar-refractivity contribution in [2.45, 2.75) is 84.0 Å². The van der Waals surface area contributed by atoms with Crippen LogP contribution in [0.1, 0.15) is 83.1 Å². The first-order valence-electron chi connectivity index (χ1n) is 11.6. The minimum atomic E-state index is 0.324. The van der Waals surface area contributed by atoms with Gasteiger partial charge in [-0.3, -0.25) is 0 Å². The van der Waals surface area contributed by atoms with Crippen molar-refractivity contribution in [3.63, 3.8) is 0 Å². The van der Waals surface area contributed by atoms with E-state index in [-0.39, 0.29) is 0 Å². The van der Waals surface area contributed by atoms with E-state index in [0.29, 0.717) is 5.75 Å². The first-order valence-corrected chi connectivity index (χ1v) is 11.6. The Morgan fingerprint density at radius 3 is 1.71 bits per heavy atom. The number of hydrogen-bond acceptors (Lipinski definition) is 1. The molecule has 152 valence electrons. The molecule has 1 fully saturated rings. The lowest BCUT2D eigenvalue weighted by Crippen LogP contribution is -2.14. The van der Waals surface area contributed by atoms with Crippen LogP contribution in [-0.2, 0) is 6.42 Å². The summed E-state index contributed by atoms with van der Waals surface area (Å²) < 4.78 is 0. The summed E-state index contributed by atoms with van der Waals surface area (Å²) in [5.74, 6) is 2.36. The van der Waals surface area contributed by atoms with Crippen molar-refractivity contribution < 1.29 is 5.11 Å². The number of aryl methyl sites for hydroxylation is 1. The number of unbranched alkanes of at least 4 members (excludes halogenated alkanes) is 3. The van der Waals surface area contributed by atoms with Crippen LogP contribution in [0.3, 0.4) is 0 Å². The lowest BCUT2D eigenvalue weighted by molar-refractivity contribution is 0.245. The van der Waals surface area contributed by atoms with Gasteiger partial charge in [0, 0.05) is 0 Å². The van der Waals surface area contributed by atoms with Crippen LogP contribution in [0.5, 0.6) is 5.75 Å². The molecule has 0 bridgehead atoms. The standard InChI is InChI=1S/C27H38O/c1-2-3-4-7-22-10-12-23(13-11-22)8-5-6-9-24-14-16-25(17-15-24)26-18-20-27(28)21-19-26/h14-23,28H,2-13H2,1H3. The molecule has 0 aromatic heterocycles. The third kappa shape index (κ3) is 6.69. The first kappa shape index (κ1) is 21.0. The highest BCUT2D eigenvalue weighted by Crippen LogP contribution is 2.34. The van der Waals surface area contributed by atoms with E-state index in [4.69, 9.17) is 0 Å². The summed E-state index contributed by atoms with van der Waals surface area (Å²) in [4.78, 5) is 0. The molecule has 1 aliphatic rings. The summed E-state index contributed by atoms with van der Waals surface area (Å²) in [6.45, 7) is 2.31. The van der Waals surface area contributed by atoms with Crippen molar-refractivity contribution in [2.24, 2.45) is 11.8 Å². The zero-order valence-corrected chi connectivity index (χ0v) is 17.7. The average molecular weight is 379 g/mol. The maximum atomic E-state index is 9.42. The van der Waals surface area contributed by atoms with E-state index in [1.54, 1.807) is 12.1 Å². The number of aromatic hydroxyl groups is 1. The van der Waals surface area contributed by atoms with Crippen molar-refractivity contribution >= 4 is 0 Å². The maximum Gasteiger partial charge on any atom is 0.115 e. The zero-order valence-electron chi connectivity index (χ0n) is 17.7. The highest BCUT2D eigenvalue weighted by Gasteiger charge is 2.20. The van der Waals surface area contributed by atoms with Gasteiger partial charge in [0.25, 0.3) is 0 Å². The molecule has 3 rings (SSSR count). The Hall–Kier alpha value is -1.76. The Labute approximate surface area is 172 Å². The van der Waals surface area contributed by atoms with Gasteiger partial charge in [-0.15, -0.1) is 0 Å². The van der Waals surface area contributed by atoms with Crippen LogP contribution in [0.4, 0.5) is 0 Å². The second kappa shape index (κ2) is 11.3. The second-order valence-corrected chi connectivity index (χ2v) is 8.87. The molecule has 0 aliphatic heterocycles. The molecule has 0 amide bonds. The molecule has 28 heavy (non-hydrogen) atoms. The summed E-state index contributed by atoms with van der Waals surface area (Å²) in [6.07, 6.45) is 17.0. The van der Waals surface area contributed by atoms with Crippen molar-refractivity contribution in [2.75, 3.05) is 0 Å². The normalized spacial score (nSPS) is 19.6. The van der Waals surface area contributed by atoms with Crippen LogP contribution in [0.25, 0.3) is 11.1 Å². The van der Waals surface area contributed by atoms with Crippen LogP contribution < -0.4 is 0 Å². The minimum Gasteiger partial charge on any atom is -0.508 e. The van der Waals surface area contributed by atoms with Crippen LogP contribution in [0, 0.1) is 11.8 Å². The first-order chi connectivity index (χ1) is 13.7. The van der Waals surface area contributed by atoms with E-state index in [1.165, 1.54) is 88.2 Å². The Morgan fingerprint density at radius 1 is 0.679 bits per heavy atom. The van der Waals surface area contributed by atoms with Crippen molar-refractivity contribution in [1.29, 1.82) is 0 Å². The molecule has 0 spiro atoms. The summed E-state index contributed by atoms with van der Waals surface area (Å²) in [5.41, 5.74) is 3.83. The van der Waals surface area contributed by atoms with Gasteiger partial charge in [-0.1, -0.05) is 108 Å². The Balaban J connectivity index is 1.32. The van der Waals surface area contributed by atoms with Crippen LogP contribution in [0.15, 0.2) is 48.5 Å². The molecular formula is C27H38O. The summed E-state index contributed by atoms with van der Waals surface area (Å²) in [6, 6.07) is 16.4. The van der Waals surface area contributed by atoms with Crippen molar-refractivity contribution in [3.05, 3.63) is 54.1 Å². The molecule has 2 aromatic carbocycles. The number of hydrogen-bond donors (Lipinski definition) is 1. The third-order valence-corrected chi connectivity index (χ3v) is 6.66. The van der Waals surface area contributed by atoms with E-state index in [0.717, 1.165) is 17.4 Å². The average Bonchev–Trinajstić information content (AvgIpc) is 2.73. The number of phenols is 1. The summed E-state index contributed by atoms with van der Waals surface area (Å²) in [7, 11) is 0. The molecule has 1 heteroatoms. The van der Waals surface area contributed by atoms with Crippen LogP contribution in [-0.4, -0.2) is 5.11 Å². The molecule has 0 unspecified atom stereocenters. The summed E-state index contributed by atoms with van der Waals surface area (Å²) in [5, 5.41) is 9.42. The van der Waals surface area contributed by atoms with E-state index in [2.05, 4.69) is 31.2 Å². The van der Waals surface area contributed by atoms with E-state index in [1.807, 2.05) is 12.1 Å². The third-order valence-electron chi connectivity index (χ3n) is 6.66. The molecule has 0 saturated heterocycles. The van der Waals surface area contributed by atoms with Gasteiger partial charge in [-0.05, 0) is 53.5 Å². The molecular weight excluding hydrogens is 340 g/mol. The van der Waals surface area contributed by atoms with Gasteiger partial charge in [0.15, 0.2) is 0 Å². The lowest BCUT2D eigenvalue weighted by Gasteiger charge is -2.28. The fraction of sp³-hybridized carbons (Fsp3) is 0.556. The second-order valence-electron chi connectivity index (χ2n) is 8.87. The van der Waals surface area contributed by atoms with Gasteiger partial charge in [-0.25, -0.2) is 0 Å². The topological polar surface area (TPSA) is 20.2 Å². The van der Waals surface area contributed by atoms with E-state index in [9.17, 15) is 5.11 Å². The van der Waals surface area contributed by atoms with Gasteiger partial charge in [0.05, 0.1) is 0 Å². The van der Waals surface area contributed by atoms with Crippen molar-refractivity contribution in [3.8, 4) is 16.9 Å². The van der Waals surface area contributed by atoms with E-state index >= 15 is 0 Å². The van der Waals surface area contributed by atoms with Gasteiger partial charge < -0.3 is 5.11 Å². The predicted octanol–water partition coefficient (Wildman–Crippen LogP) is 8.16. The van der Waals surface area contributed by atoms with Crippen molar-refractivity contribution in [1.82, 2.24) is 0 Å². The molecule has 1 aliphatic carbocycles. The molecule has 2 aromatic rings. The van der Waals surface area contributed by atoms with E-state index < -0.39 is 0 Å². The Bertz CT molecular complexity index is 662. The molecule has 0 radical (unpaired) electrons. The van der Waals surface area contributed by atoms with Gasteiger partial charge in [0.1, 0.15) is 5.75 Å². The quantitative estimate of drug-likeness (QED) is 0.413. The maximum absolute atomic E-state index is 9.42. The molecule has 0 heterocycles. The zero-order chi connectivity index (χ0) is 19.6. The number of rotatable bonds is 10. The summed E-state index contributed by atoms with van der Waals surface area (Å²) >= 11 is 0. The lowest BCUT2D eigenvalue weighted by atomic mass is 9.78.